The second-order valence-electron chi connectivity index (χ2n) is 9.41. The predicted molar refractivity (Wildman–Crippen MR) is 119 cm³/mol. The van der Waals surface area contributed by atoms with Crippen LogP contribution in [0.3, 0.4) is 0 Å². The number of hydrogen-bond donors (Lipinski definition) is 6. The highest BCUT2D eigenvalue weighted by atomic mass is 16.5. The third-order valence-corrected chi connectivity index (χ3v) is 7.33. The summed E-state index contributed by atoms with van der Waals surface area (Å²) in [6.45, 7) is 1.87. The lowest BCUT2D eigenvalue weighted by Gasteiger charge is -2.46. The highest BCUT2D eigenvalue weighted by molar-refractivity contribution is 6.02. The normalized spacial score (nSPS) is 31.7. The zero-order valence-electron chi connectivity index (χ0n) is 18.7. The Hall–Kier alpha value is -3.51. The number of carbonyl (C=O) groups excluding carboxylic acids is 3. The van der Waals surface area contributed by atoms with E-state index in [0.29, 0.717) is 5.56 Å². The first-order valence-electron chi connectivity index (χ1n) is 11.2. The number of nitrogens with two attached hydrogens (primary N) is 2. The molecule has 0 aromatic heterocycles. The number of ketones is 1. The van der Waals surface area contributed by atoms with Crippen molar-refractivity contribution >= 4 is 29.5 Å². The number of likely N-dealkylation sites (tertiary alicyclic amines) is 1. The van der Waals surface area contributed by atoms with Crippen molar-refractivity contribution in [3.63, 3.8) is 0 Å². The molecule has 0 aliphatic carbocycles. The Morgan fingerprint density at radius 1 is 1.21 bits per heavy atom. The van der Waals surface area contributed by atoms with Gasteiger partial charge in [-0.2, -0.15) is 0 Å². The van der Waals surface area contributed by atoms with Gasteiger partial charge in [-0.3, -0.25) is 34.9 Å². The highest BCUT2D eigenvalue weighted by Gasteiger charge is 2.76. The summed E-state index contributed by atoms with van der Waals surface area (Å²) in [5.41, 5.74) is 12.1. The zero-order chi connectivity index (χ0) is 24.4. The molecule has 0 unspecified atom stereocenters. The molecule has 1 aromatic rings. The van der Waals surface area contributed by atoms with Crippen LogP contribution in [0.1, 0.15) is 35.2 Å². The molecule has 180 valence electrons. The third-order valence-electron chi connectivity index (χ3n) is 7.33. The fourth-order valence-electron chi connectivity index (χ4n) is 5.56. The maximum absolute atomic E-state index is 13.0. The Balaban J connectivity index is 1.46. The summed E-state index contributed by atoms with van der Waals surface area (Å²) in [5, 5.41) is 25.9. The van der Waals surface area contributed by atoms with E-state index < -0.39 is 29.5 Å². The van der Waals surface area contributed by atoms with Crippen molar-refractivity contribution in [1.82, 2.24) is 15.1 Å². The molecule has 12 heteroatoms. The SMILES string of the molecule is Cc1ccc(C(=O)C[C@H]2CN3C(N)=N[C@@H](CN4C(=O)CCC4=O)[C@@H]4[NH+]=C(N)N[C@@]43C2(O)O)cc1. The van der Waals surface area contributed by atoms with Gasteiger partial charge >= 0.3 is 5.96 Å². The fourth-order valence-corrected chi connectivity index (χ4v) is 5.56. The van der Waals surface area contributed by atoms with E-state index in [1.165, 1.54) is 4.90 Å². The maximum atomic E-state index is 13.0. The van der Waals surface area contributed by atoms with Gasteiger partial charge in [0.1, 0.15) is 6.04 Å². The Morgan fingerprint density at radius 2 is 1.85 bits per heavy atom. The topological polar surface area (TPSA) is 189 Å². The molecule has 0 saturated carbocycles. The number of Topliss-reactive ketones (excluding diaryl/α,β-unsaturated/α-hetero) is 1. The van der Waals surface area contributed by atoms with E-state index in [1.807, 2.05) is 19.1 Å². The lowest BCUT2D eigenvalue weighted by Crippen LogP contribution is -2.90. The summed E-state index contributed by atoms with van der Waals surface area (Å²) in [6, 6.07) is 5.42. The van der Waals surface area contributed by atoms with E-state index in [0.717, 1.165) is 10.5 Å². The number of nitrogens with one attached hydrogen (secondary N) is 2. The molecule has 1 spiro atoms. The molecule has 0 radical (unpaired) electrons. The van der Waals surface area contributed by atoms with Crippen molar-refractivity contribution in [1.29, 1.82) is 0 Å². The summed E-state index contributed by atoms with van der Waals surface area (Å²) in [7, 11) is 0. The van der Waals surface area contributed by atoms with E-state index in [1.54, 1.807) is 12.1 Å². The summed E-state index contributed by atoms with van der Waals surface area (Å²) in [6.07, 6.45) is 0.100. The zero-order valence-corrected chi connectivity index (χ0v) is 18.7. The van der Waals surface area contributed by atoms with Crippen LogP contribution in [-0.2, 0) is 9.59 Å². The summed E-state index contributed by atoms with van der Waals surface area (Å²) in [5.74, 6) is -4.18. The number of amides is 2. The second kappa shape index (κ2) is 7.50. The molecule has 2 amide bonds. The molecule has 4 heterocycles. The monoisotopic (exact) mass is 470 g/mol. The minimum absolute atomic E-state index is 0.00195. The maximum Gasteiger partial charge on any atom is 0.343 e. The van der Waals surface area contributed by atoms with Crippen LogP contribution in [-0.4, -0.2) is 86.2 Å². The van der Waals surface area contributed by atoms with Gasteiger partial charge in [-0.05, 0) is 6.92 Å². The van der Waals surface area contributed by atoms with Gasteiger partial charge in [-0.15, -0.1) is 0 Å². The van der Waals surface area contributed by atoms with Gasteiger partial charge in [-0.25, -0.2) is 10.3 Å². The Morgan fingerprint density at radius 3 is 2.50 bits per heavy atom. The van der Waals surface area contributed by atoms with Crippen molar-refractivity contribution in [3.05, 3.63) is 35.4 Å². The predicted octanol–water partition coefficient (Wildman–Crippen LogP) is -3.91. The molecule has 5 rings (SSSR count). The average Bonchev–Trinajstić information content (AvgIpc) is 3.37. The van der Waals surface area contributed by atoms with Crippen molar-refractivity contribution in [3.8, 4) is 0 Å². The van der Waals surface area contributed by atoms with Gasteiger partial charge in [-0.1, -0.05) is 29.8 Å². The van der Waals surface area contributed by atoms with Gasteiger partial charge in [0.15, 0.2) is 17.8 Å². The van der Waals surface area contributed by atoms with Gasteiger partial charge in [0.25, 0.3) is 5.66 Å². The molecule has 2 saturated heterocycles. The number of benzene rings is 1. The van der Waals surface area contributed by atoms with E-state index in [2.05, 4.69) is 15.3 Å². The van der Waals surface area contributed by atoms with Crippen molar-refractivity contribution in [2.75, 3.05) is 13.1 Å². The second-order valence-corrected chi connectivity index (χ2v) is 9.41. The smallest absolute Gasteiger partial charge is 0.343 e. The van der Waals surface area contributed by atoms with Crippen LogP contribution in [0.4, 0.5) is 0 Å². The average molecular weight is 471 g/mol. The van der Waals surface area contributed by atoms with Crippen LogP contribution in [0.15, 0.2) is 29.3 Å². The van der Waals surface area contributed by atoms with Gasteiger partial charge < -0.3 is 15.9 Å². The molecule has 4 aliphatic heterocycles. The number of aliphatic imine (C=N–C) groups is 1. The molecule has 1 aromatic carbocycles. The number of aryl methyl sites for hydroxylation is 1. The Bertz CT molecular complexity index is 1110. The van der Waals surface area contributed by atoms with Crippen LogP contribution < -0.4 is 21.8 Å². The molecular formula is C22H28N7O5+. The number of imide groups is 1. The largest absolute Gasteiger partial charge is 0.370 e. The number of guanidine groups is 2. The van der Waals surface area contributed by atoms with E-state index in [9.17, 15) is 24.6 Å². The van der Waals surface area contributed by atoms with Crippen molar-refractivity contribution in [2.24, 2.45) is 22.4 Å². The number of hydrogen-bond acceptors (Lipinski definition) is 10. The molecular weight excluding hydrogens is 442 g/mol. The highest BCUT2D eigenvalue weighted by Crippen LogP contribution is 2.45. The molecule has 4 aliphatic rings. The molecule has 34 heavy (non-hydrogen) atoms. The first-order chi connectivity index (χ1) is 16.0. The first kappa shape index (κ1) is 22.3. The third kappa shape index (κ3) is 3.09. The van der Waals surface area contributed by atoms with Crippen molar-refractivity contribution < 1.29 is 29.6 Å². The summed E-state index contributed by atoms with van der Waals surface area (Å²) >= 11 is 0. The number of aliphatic hydroxyl groups is 2. The first-order valence-corrected chi connectivity index (χ1v) is 11.2. The van der Waals surface area contributed by atoms with Crippen LogP contribution in [0.2, 0.25) is 0 Å². The lowest BCUT2D eigenvalue weighted by molar-refractivity contribution is -0.522. The minimum atomic E-state index is -2.45. The van der Waals surface area contributed by atoms with Crippen molar-refractivity contribution in [2.45, 2.75) is 49.7 Å². The lowest BCUT2D eigenvalue weighted by atomic mass is 9.81. The molecule has 2 fully saturated rings. The quantitative estimate of drug-likeness (QED) is 0.142. The van der Waals surface area contributed by atoms with Gasteiger partial charge in [0, 0.05) is 37.3 Å². The van der Waals surface area contributed by atoms with E-state index in [4.69, 9.17) is 11.5 Å². The van der Waals surface area contributed by atoms with Gasteiger partial charge in [0.05, 0.1) is 6.54 Å². The molecule has 0 bridgehead atoms. The fraction of sp³-hybridized carbons (Fsp3) is 0.500. The molecule has 8 N–H and O–H groups in total. The summed E-state index contributed by atoms with van der Waals surface area (Å²) < 4.78 is 0. The van der Waals surface area contributed by atoms with Gasteiger partial charge in [0.2, 0.25) is 17.6 Å². The molecule has 12 nitrogen and oxygen atoms in total. The van der Waals surface area contributed by atoms with Crippen LogP contribution in [0.5, 0.6) is 0 Å². The van der Waals surface area contributed by atoms with Crippen LogP contribution >= 0.6 is 0 Å². The Kier molecular flexibility index (Phi) is 4.92. The minimum Gasteiger partial charge on any atom is -0.370 e. The summed E-state index contributed by atoms with van der Waals surface area (Å²) in [4.78, 5) is 47.4. The Labute approximate surface area is 195 Å². The molecule has 4 atom stereocenters. The van der Waals surface area contributed by atoms with E-state index in [-0.39, 0.29) is 61.9 Å². The van der Waals surface area contributed by atoms with E-state index >= 15 is 0 Å². The number of nitrogens with zero attached hydrogens (tertiary/aromatic N) is 3. The van der Waals surface area contributed by atoms with Crippen LogP contribution in [0.25, 0.3) is 0 Å². The van der Waals surface area contributed by atoms with Crippen LogP contribution in [0, 0.1) is 12.8 Å². The number of rotatable bonds is 5. The number of carbonyl (C=O) groups is 3. The standard InChI is InChI=1S/C22H27N7O5/c1-11-2-4-12(5-3-11)15(30)8-13-9-29-20(24)25-14(10-28-16(31)6-7-17(28)32)18-21(29,22(13,33)34)27-19(23)26-18/h2-5,13-14,18,33-34H,6-10H2,1H3,(H2,24,25)(H3,23,26,27)/p+1/t13-,14-,18-,21-/m0/s1.